The minimum atomic E-state index is -0.279. The molecular formula is C21H22N2O4. The van der Waals surface area contributed by atoms with Crippen LogP contribution in [0.1, 0.15) is 37.7 Å². The molecule has 0 N–H and O–H groups in total. The molecule has 27 heavy (non-hydrogen) atoms. The summed E-state index contributed by atoms with van der Waals surface area (Å²) in [6, 6.07) is 11.7. The number of methoxy groups -OCH3 is 1. The summed E-state index contributed by atoms with van der Waals surface area (Å²) in [5, 5.41) is 7.77. The summed E-state index contributed by atoms with van der Waals surface area (Å²) >= 11 is 0. The smallest absolute Gasteiger partial charge is 0.313 e. The zero-order valence-electron chi connectivity index (χ0n) is 15.5. The summed E-state index contributed by atoms with van der Waals surface area (Å²) in [5.74, 6) is 0.871. The van der Waals surface area contributed by atoms with Crippen LogP contribution in [-0.2, 0) is 9.53 Å². The maximum atomic E-state index is 12.4. The number of aromatic nitrogens is 2. The Kier molecular flexibility index (Phi) is 4.79. The van der Waals surface area contributed by atoms with Gasteiger partial charge in [0.15, 0.2) is 0 Å². The topological polar surface area (TPSA) is 74.5 Å². The third-order valence-electron chi connectivity index (χ3n) is 4.98. The number of ether oxygens (including phenoxy) is 2. The van der Waals surface area contributed by atoms with Crippen LogP contribution in [0.2, 0.25) is 0 Å². The fraction of sp³-hybridized carbons (Fsp3) is 0.381. The van der Waals surface area contributed by atoms with Gasteiger partial charge in [-0.3, -0.25) is 4.79 Å². The van der Waals surface area contributed by atoms with E-state index in [0.717, 1.165) is 28.9 Å². The molecule has 0 aliphatic heterocycles. The number of esters is 1. The van der Waals surface area contributed by atoms with Gasteiger partial charge in [0.25, 0.3) is 0 Å². The first kappa shape index (κ1) is 17.5. The number of carbonyl (C=O) groups excluding carboxylic acids is 1. The van der Waals surface area contributed by atoms with Crippen molar-refractivity contribution < 1.29 is 18.9 Å². The Hall–Kier alpha value is -2.89. The van der Waals surface area contributed by atoms with Gasteiger partial charge in [0.05, 0.1) is 19.6 Å². The molecule has 3 aromatic rings. The predicted octanol–water partition coefficient (Wildman–Crippen LogP) is 4.35. The number of hydrogen-bond donors (Lipinski definition) is 0. The molecule has 1 unspecified atom stereocenters. The average Bonchev–Trinajstić information content (AvgIpc) is 3.39. The number of nitrogens with zero attached hydrogens (tertiary/aromatic N) is 2. The lowest BCUT2D eigenvalue weighted by Gasteiger charge is -2.17. The highest BCUT2D eigenvalue weighted by Crippen LogP contribution is 2.41. The Morgan fingerprint density at radius 3 is 2.70 bits per heavy atom. The Labute approximate surface area is 157 Å². The van der Waals surface area contributed by atoms with E-state index in [0.29, 0.717) is 23.6 Å². The highest BCUT2D eigenvalue weighted by atomic mass is 16.6. The van der Waals surface area contributed by atoms with E-state index in [-0.39, 0.29) is 11.9 Å². The van der Waals surface area contributed by atoms with Gasteiger partial charge in [0, 0.05) is 0 Å². The zero-order chi connectivity index (χ0) is 18.8. The molecule has 1 aliphatic rings. The van der Waals surface area contributed by atoms with Gasteiger partial charge in [-0.05, 0) is 70.5 Å². The molecule has 4 rings (SSSR count). The van der Waals surface area contributed by atoms with Gasteiger partial charge >= 0.3 is 5.97 Å². The number of hydrogen-bond acceptors (Lipinski definition) is 6. The molecule has 0 radical (unpaired) electrons. The number of carbonyl (C=O) groups is 1. The second-order valence-electron chi connectivity index (χ2n) is 6.95. The monoisotopic (exact) mass is 366 g/mol. The van der Waals surface area contributed by atoms with E-state index in [2.05, 4.69) is 10.3 Å². The van der Waals surface area contributed by atoms with Crippen molar-refractivity contribution in [3.05, 3.63) is 42.0 Å². The van der Waals surface area contributed by atoms with Gasteiger partial charge < -0.3 is 9.47 Å². The number of rotatable bonds is 7. The standard InChI is InChI=1S/C21H22N2O4/c1-3-26-17-10-15(14-6-7-19-20(12-14)23-27-22-19)9-16(11-17)18(21(24)25-2)8-13-4-5-13/h6-7,9-13,18H,3-5,8H2,1-2H3. The summed E-state index contributed by atoms with van der Waals surface area (Å²) in [4.78, 5) is 12.4. The van der Waals surface area contributed by atoms with Crippen molar-refractivity contribution in [1.29, 1.82) is 0 Å². The molecule has 1 saturated carbocycles. The van der Waals surface area contributed by atoms with E-state index < -0.39 is 0 Å². The lowest BCUT2D eigenvalue weighted by molar-refractivity contribution is -0.142. The van der Waals surface area contributed by atoms with Gasteiger partial charge in [0.2, 0.25) is 0 Å². The molecule has 0 saturated heterocycles. The first-order valence-electron chi connectivity index (χ1n) is 9.26. The molecule has 2 aromatic carbocycles. The van der Waals surface area contributed by atoms with Gasteiger partial charge in [0.1, 0.15) is 16.8 Å². The summed E-state index contributed by atoms with van der Waals surface area (Å²) < 4.78 is 15.6. The fourth-order valence-corrected chi connectivity index (χ4v) is 3.40. The molecule has 1 atom stereocenters. The first-order chi connectivity index (χ1) is 13.2. The van der Waals surface area contributed by atoms with Crippen LogP contribution in [-0.4, -0.2) is 30.0 Å². The highest BCUT2D eigenvalue weighted by molar-refractivity contribution is 5.83. The van der Waals surface area contributed by atoms with Crippen molar-refractivity contribution in [2.24, 2.45) is 5.92 Å². The minimum Gasteiger partial charge on any atom is -0.494 e. The van der Waals surface area contributed by atoms with Crippen molar-refractivity contribution in [3.8, 4) is 16.9 Å². The SMILES string of the molecule is CCOc1cc(-c2ccc3nonc3c2)cc(C(CC2CC2)C(=O)OC)c1. The molecule has 1 aliphatic carbocycles. The van der Waals surface area contributed by atoms with Gasteiger partial charge in [-0.15, -0.1) is 0 Å². The highest BCUT2D eigenvalue weighted by Gasteiger charge is 2.31. The van der Waals surface area contributed by atoms with Gasteiger partial charge in [-0.1, -0.05) is 25.0 Å². The number of fused-ring (bicyclic) bond motifs is 1. The molecule has 1 fully saturated rings. The Balaban J connectivity index is 1.77. The van der Waals surface area contributed by atoms with Crippen LogP contribution in [0.3, 0.4) is 0 Å². The second kappa shape index (κ2) is 7.39. The fourth-order valence-electron chi connectivity index (χ4n) is 3.40. The largest absolute Gasteiger partial charge is 0.494 e. The van der Waals surface area contributed by atoms with Crippen molar-refractivity contribution in [2.75, 3.05) is 13.7 Å². The van der Waals surface area contributed by atoms with Crippen LogP contribution in [0.15, 0.2) is 41.0 Å². The molecule has 0 spiro atoms. The van der Waals surface area contributed by atoms with E-state index in [1.54, 1.807) is 0 Å². The van der Waals surface area contributed by atoms with Crippen LogP contribution < -0.4 is 4.74 Å². The predicted molar refractivity (Wildman–Crippen MR) is 101 cm³/mol. The van der Waals surface area contributed by atoms with E-state index in [4.69, 9.17) is 14.1 Å². The maximum Gasteiger partial charge on any atom is 0.313 e. The summed E-state index contributed by atoms with van der Waals surface area (Å²) in [6.45, 7) is 2.50. The summed E-state index contributed by atoms with van der Waals surface area (Å²) in [5.41, 5.74) is 4.26. The zero-order valence-corrected chi connectivity index (χ0v) is 15.5. The first-order valence-corrected chi connectivity index (χ1v) is 9.26. The van der Waals surface area contributed by atoms with Crippen LogP contribution in [0.5, 0.6) is 5.75 Å². The summed E-state index contributed by atoms with van der Waals surface area (Å²) in [7, 11) is 1.45. The van der Waals surface area contributed by atoms with E-state index >= 15 is 0 Å². The van der Waals surface area contributed by atoms with Crippen LogP contribution >= 0.6 is 0 Å². The van der Waals surface area contributed by atoms with E-state index in [1.807, 2.05) is 43.3 Å². The Bertz CT molecular complexity index is 962. The van der Waals surface area contributed by atoms with Gasteiger partial charge in [-0.2, -0.15) is 0 Å². The van der Waals surface area contributed by atoms with Gasteiger partial charge in [-0.25, -0.2) is 4.63 Å². The second-order valence-corrected chi connectivity index (χ2v) is 6.95. The number of benzene rings is 2. The van der Waals surface area contributed by atoms with E-state index in [9.17, 15) is 4.79 Å². The van der Waals surface area contributed by atoms with Crippen molar-refractivity contribution in [1.82, 2.24) is 10.3 Å². The molecule has 6 heteroatoms. The minimum absolute atomic E-state index is 0.197. The van der Waals surface area contributed by atoms with Crippen LogP contribution in [0.25, 0.3) is 22.2 Å². The van der Waals surface area contributed by atoms with E-state index in [1.165, 1.54) is 20.0 Å². The molecule has 0 amide bonds. The molecular weight excluding hydrogens is 344 g/mol. The Morgan fingerprint density at radius 1 is 1.15 bits per heavy atom. The normalized spacial score (nSPS) is 14.9. The maximum absolute atomic E-state index is 12.4. The summed E-state index contributed by atoms with van der Waals surface area (Å²) in [6.07, 6.45) is 3.18. The molecule has 1 heterocycles. The Morgan fingerprint density at radius 2 is 1.96 bits per heavy atom. The van der Waals surface area contributed by atoms with Crippen LogP contribution in [0.4, 0.5) is 0 Å². The third-order valence-corrected chi connectivity index (χ3v) is 4.98. The van der Waals surface area contributed by atoms with Crippen molar-refractivity contribution >= 4 is 17.0 Å². The molecule has 6 nitrogen and oxygen atoms in total. The third kappa shape index (κ3) is 3.79. The lowest BCUT2D eigenvalue weighted by atomic mass is 9.90. The van der Waals surface area contributed by atoms with Crippen LogP contribution in [0, 0.1) is 5.92 Å². The lowest BCUT2D eigenvalue weighted by Crippen LogP contribution is -2.15. The van der Waals surface area contributed by atoms with Crippen molar-refractivity contribution in [2.45, 2.75) is 32.1 Å². The average molecular weight is 366 g/mol. The quantitative estimate of drug-likeness (QED) is 0.579. The van der Waals surface area contributed by atoms with Crippen molar-refractivity contribution in [3.63, 3.8) is 0 Å². The molecule has 140 valence electrons. The molecule has 0 bridgehead atoms. The molecule has 1 aromatic heterocycles.